The van der Waals surface area contributed by atoms with Gasteiger partial charge in [-0.05, 0) is 45.6 Å². The lowest BCUT2D eigenvalue weighted by atomic mass is 9.90. The zero-order chi connectivity index (χ0) is 14.5. The van der Waals surface area contributed by atoms with Crippen LogP contribution in [0.25, 0.3) is 0 Å². The SMILES string of the molecule is CCOC(=O)C(C)(CCN1CC(C)CC(C)C1)NC. The first kappa shape index (κ1) is 16.4. The minimum absolute atomic E-state index is 0.143. The second kappa shape index (κ2) is 7.25. The molecule has 0 amide bonds. The van der Waals surface area contributed by atoms with Gasteiger partial charge in [0.05, 0.1) is 6.61 Å². The van der Waals surface area contributed by atoms with Crippen LogP contribution in [0.2, 0.25) is 0 Å². The second-order valence-electron chi connectivity index (χ2n) is 6.26. The minimum Gasteiger partial charge on any atom is -0.465 e. The monoisotopic (exact) mass is 270 g/mol. The minimum atomic E-state index is -0.570. The highest BCUT2D eigenvalue weighted by Gasteiger charge is 2.34. The van der Waals surface area contributed by atoms with Gasteiger partial charge >= 0.3 is 5.97 Å². The third kappa shape index (κ3) is 4.77. The number of ether oxygens (including phenoxy) is 1. The van der Waals surface area contributed by atoms with Gasteiger partial charge in [-0.3, -0.25) is 4.79 Å². The molecular formula is C15H30N2O2. The van der Waals surface area contributed by atoms with Crippen LogP contribution in [0.3, 0.4) is 0 Å². The Balaban J connectivity index is 2.50. The van der Waals surface area contributed by atoms with Gasteiger partial charge in [0.15, 0.2) is 0 Å². The van der Waals surface area contributed by atoms with Crippen LogP contribution >= 0.6 is 0 Å². The van der Waals surface area contributed by atoms with E-state index in [0.29, 0.717) is 6.61 Å². The van der Waals surface area contributed by atoms with Crippen molar-refractivity contribution >= 4 is 5.97 Å². The molecule has 0 aromatic heterocycles. The van der Waals surface area contributed by atoms with E-state index in [1.807, 2.05) is 20.9 Å². The first-order valence-electron chi connectivity index (χ1n) is 7.49. The van der Waals surface area contributed by atoms with E-state index in [2.05, 4.69) is 24.1 Å². The Bertz CT molecular complexity index is 286. The number of nitrogens with one attached hydrogen (secondary N) is 1. The predicted octanol–water partition coefficient (Wildman–Crippen LogP) is 1.90. The third-order valence-electron chi connectivity index (χ3n) is 4.15. The molecule has 1 saturated heterocycles. The fraction of sp³-hybridized carbons (Fsp3) is 0.933. The van der Waals surface area contributed by atoms with Crippen molar-refractivity contribution in [2.24, 2.45) is 11.8 Å². The van der Waals surface area contributed by atoms with E-state index >= 15 is 0 Å². The maximum Gasteiger partial charge on any atom is 0.326 e. The highest BCUT2D eigenvalue weighted by molar-refractivity contribution is 5.80. The fourth-order valence-electron chi connectivity index (χ4n) is 2.98. The number of esters is 1. The van der Waals surface area contributed by atoms with Crippen molar-refractivity contribution < 1.29 is 9.53 Å². The Labute approximate surface area is 117 Å². The Kier molecular flexibility index (Phi) is 6.27. The molecule has 0 radical (unpaired) electrons. The molecule has 0 spiro atoms. The molecule has 0 aromatic carbocycles. The molecule has 4 heteroatoms. The summed E-state index contributed by atoms with van der Waals surface area (Å²) in [4.78, 5) is 14.5. The molecule has 3 atom stereocenters. The van der Waals surface area contributed by atoms with Gasteiger partial charge in [-0.2, -0.15) is 0 Å². The van der Waals surface area contributed by atoms with E-state index in [4.69, 9.17) is 4.74 Å². The number of carbonyl (C=O) groups excluding carboxylic acids is 1. The highest BCUT2D eigenvalue weighted by Crippen LogP contribution is 2.22. The van der Waals surface area contributed by atoms with Crippen molar-refractivity contribution in [1.29, 1.82) is 0 Å². The number of likely N-dealkylation sites (N-methyl/N-ethyl adjacent to an activating group) is 1. The predicted molar refractivity (Wildman–Crippen MR) is 78.1 cm³/mol. The van der Waals surface area contributed by atoms with E-state index < -0.39 is 5.54 Å². The van der Waals surface area contributed by atoms with Crippen molar-refractivity contribution in [3.63, 3.8) is 0 Å². The summed E-state index contributed by atoms with van der Waals surface area (Å²) in [5.74, 6) is 1.37. The Morgan fingerprint density at radius 3 is 2.42 bits per heavy atom. The molecule has 19 heavy (non-hydrogen) atoms. The number of hydrogen-bond donors (Lipinski definition) is 1. The molecule has 0 bridgehead atoms. The summed E-state index contributed by atoms with van der Waals surface area (Å²) >= 11 is 0. The Hall–Kier alpha value is -0.610. The number of nitrogens with zero attached hydrogens (tertiary/aromatic N) is 1. The molecule has 112 valence electrons. The number of carbonyl (C=O) groups is 1. The van der Waals surface area contributed by atoms with Gasteiger partial charge in [-0.25, -0.2) is 0 Å². The molecule has 1 N–H and O–H groups in total. The normalized spacial score (nSPS) is 27.8. The third-order valence-corrected chi connectivity index (χ3v) is 4.15. The molecule has 1 fully saturated rings. The molecule has 1 heterocycles. The summed E-state index contributed by atoms with van der Waals surface area (Å²) in [6, 6.07) is 0. The topological polar surface area (TPSA) is 41.6 Å². The quantitative estimate of drug-likeness (QED) is 0.749. The fourth-order valence-corrected chi connectivity index (χ4v) is 2.98. The summed E-state index contributed by atoms with van der Waals surface area (Å²) in [5, 5.41) is 3.12. The van der Waals surface area contributed by atoms with Crippen LogP contribution in [-0.2, 0) is 9.53 Å². The summed E-state index contributed by atoms with van der Waals surface area (Å²) in [7, 11) is 1.83. The lowest BCUT2D eigenvalue weighted by Gasteiger charge is -2.37. The molecular weight excluding hydrogens is 240 g/mol. The van der Waals surface area contributed by atoms with Gasteiger partial charge in [-0.15, -0.1) is 0 Å². The van der Waals surface area contributed by atoms with Gasteiger partial charge in [0, 0.05) is 19.6 Å². The van der Waals surface area contributed by atoms with E-state index in [-0.39, 0.29) is 5.97 Å². The zero-order valence-corrected chi connectivity index (χ0v) is 13.2. The largest absolute Gasteiger partial charge is 0.465 e. The van der Waals surface area contributed by atoms with Gasteiger partial charge in [0.25, 0.3) is 0 Å². The summed E-state index contributed by atoms with van der Waals surface area (Å²) < 4.78 is 5.16. The molecule has 0 aliphatic carbocycles. The maximum absolute atomic E-state index is 12.0. The van der Waals surface area contributed by atoms with Crippen LogP contribution in [-0.4, -0.2) is 49.7 Å². The van der Waals surface area contributed by atoms with Crippen molar-refractivity contribution in [3.8, 4) is 0 Å². The van der Waals surface area contributed by atoms with Crippen LogP contribution in [0.4, 0.5) is 0 Å². The van der Waals surface area contributed by atoms with E-state index in [0.717, 1.165) is 37.9 Å². The van der Waals surface area contributed by atoms with Crippen molar-refractivity contribution in [1.82, 2.24) is 10.2 Å². The van der Waals surface area contributed by atoms with Gasteiger partial charge in [0.1, 0.15) is 5.54 Å². The van der Waals surface area contributed by atoms with Crippen LogP contribution in [0.15, 0.2) is 0 Å². The Morgan fingerprint density at radius 2 is 1.95 bits per heavy atom. The zero-order valence-electron chi connectivity index (χ0n) is 13.2. The van der Waals surface area contributed by atoms with Crippen LogP contribution in [0.5, 0.6) is 0 Å². The molecule has 1 rings (SSSR count). The van der Waals surface area contributed by atoms with Crippen LogP contribution < -0.4 is 5.32 Å². The lowest BCUT2D eigenvalue weighted by Crippen LogP contribution is -2.51. The van der Waals surface area contributed by atoms with Crippen LogP contribution in [0, 0.1) is 11.8 Å². The first-order chi connectivity index (χ1) is 8.91. The van der Waals surface area contributed by atoms with Gasteiger partial charge in [-0.1, -0.05) is 13.8 Å². The first-order valence-corrected chi connectivity index (χ1v) is 7.49. The average Bonchev–Trinajstić information content (AvgIpc) is 2.35. The van der Waals surface area contributed by atoms with E-state index in [1.165, 1.54) is 6.42 Å². The maximum atomic E-state index is 12.0. The van der Waals surface area contributed by atoms with E-state index in [9.17, 15) is 4.79 Å². The second-order valence-corrected chi connectivity index (χ2v) is 6.26. The molecule has 1 aliphatic heterocycles. The summed E-state index contributed by atoms with van der Waals surface area (Å²) in [6.07, 6.45) is 2.11. The highest BCUT2D eigenvalue weighted by atomic mass is 16.5. The smallest absolute Gasteiger partial charge is 0.326 e. The van der Waals surface area contributed by atoms with Crippen molar-refractivity contribution in [3.05, 3.63) is 0 Å². The van der Waals surface area contributed by atoms with Gasteiger partial charge in [0.2, 0.25) is 0 Å². The van der Waals surface area contributed by atoms with E-state index in [1.54, 1.807) is 0 Å². The van der Waals surface area contributed by atoms with Crippen molar-refractivity contribution in [2.45, 2.75) is 46.1 Å². The Morgan fingerprint density at radius 1 is 1.37 bits per heavy atom. The van der Waals surface area contributed by atoms with Crippen LogP contribution in [0.1, 0.15) is 40.5 Å². The lowest BCUT2D eigenvalue weighted by molar-refractivity contribution is -0.150. The van der Waals surface area contributed by atoms with Crippen molar-refractivity contribution in [2.75, 3.05) is 33.3 Å². The molecule has 4 nitrogen and oxygen atoms in total. The number of piperidine rings is 1. The number of likely N-dealkylation sites (tertiary alicyclic amines) is 1. The molecule has 1 aliphatic rings. The standard InChI is InChI=1S/C15H30N2O2/c1-6-19-14(18)15(4,16-5)7-8-17-10-12(2)9-13(3)11-17/h12-13,16H,6-11H2,1-5H3. The molecule has 0 saturated carbocycles. The van der Waals surface area contributed by atoms with Gasteiger partial charge < -0.3 is 15.0 Å². The number of rotatable bonds is 6. The molecule has 3 unspecified atom stereocenters. The number of hydrogen-bond acceptors (Lipinski definition) is 4. The molecule has 0 aromatic rings. The average molecular weight is 270 g/mol. The summed E-state index contributed by atoms with van der Waals surface area (Å²) in [5.41, 5.74) is -0.570. The summed E-state index contributed by atoms with van der Waals surface area (Å²) in [6.45, 7) is 12.1.